The molecule has 0 aliphatic carbocycles. The van der Waals surface area contributed by atoms with Gasteiger partial charge in [0.05, 0.1) is 11.3 Å². The number of nitrogens with zero attached hydrogens (tertiary/aromatic N) is 2. The number of carboxylic acids is 1. The highest BCUT2D eigenvalue weighted by Gasteiger charge is 2.33. The predicted octanol–water partition coefficient (Wildman–Crippen LogP) is 1.33. The molecule has 2 rings (SSSR count). The van der Waals surface area contributed by atoms with Crippen LogP contribution in [0.4, 0.5) is 5.69 Å². The van der Waals surface area contributed by atoms with Crippen molar-refractivity contribution in [2.24, 2.45) is 0 Å². The van der Waals surface area contributed by atoms with Gasteiger partial charge in [0.2, 0.25) is 0 Å². The van der Waals surface area contributed by atoms with Crippen LogP contribution in [-0.4, -0.2) is 43.4 Å². The lowest BCUT2D eigenvalue weighted by atomic mass is 10.1. The highest BCUT2D eigenvalue weighted by molar-refractivity contribution is 7.90. The fourth-order valence-electron chi connectivity index (χ4n) is 2.43. The molecular weight excluding hydrogens is 280 g/mol. The van der Waals surface area contributed by atoms with E-state index in [1.807, 2.05) is 0 Å². The molecule has 7 heteroatoms. The van der Waals surface area contributed by atoms with E-state index in [2.05, 4.69) is 0 Å². The van der Waals surface area contributed by atoms with Gasteiger partial charge in [-0.25, -0.2) is 4.79 Å². The average Bonchev–Trinajstić information content (AvgIpc) is 2.83. The lowest BCUT2D eigenvalue weighted by molar-refractivity contribution is 0.0697. The van der Waals surface area contributed by atoms with Crippen molar-refractivity contribution in [3.8, 4) is 0 Å². The third kappa shape index (κ3) is 2.38. The SMILES string of the molecule is CCN(CC)S(=O)(=O)N1CCc2cc(C(=O)O)ccc21. The van der Waals surface area contributed by atoms with Crippen molar-refractivity contribution in [2.75, 3.05) is 23.9 Å². The largest absolute Gasteiger partial charge is 0.478 e. The Morgan fingerprint density at radius 1 is 1.35 bits per heavy atom. The van der Waals surface area contributed by atoms with Gasteiger partial charge in [0, 0.05) is 19.6 Å². The first-order valence-electron chi connectivity index (χ1n) is 6.55. The van der Waals surface area contributed by atoms with Gasteiger partial charge in [0.1, 0.15) is 0 Å². The Balaban J connectivity index is 2.40. The zero-order valence-corrected chi connectivity index (χ0v) is 12.4. The van der Waals surface area contributed by atoms with Crippen LogP contribution in [0.15, 0.2) is 18.2 Å². The zero-order valence-electron chi connectivity index (χ0n) is 11.5. The van der Waals surface area contributed by atoms with E-state index in [1.54, 1.807) is 26.0 Å². The molecule has 1 aliphatic heterocycles. The van der Waals surface area contributed by atoms with E-state index in [0.717, 1.165) is 5.56 Å². The topological polar surface area (TPSA) is 77.9 Å². The molecule has 0 fully saturated rings. The molecule has 6 nitrogen and oxygen atoms in total. The molecule has 1 N–H and O–H groups in total. The van der Waals surface area contributed by atoms with E-state index >= 15 is 0 Å². The van der Waals surface area contributed by atoms with Crippen LogP contribution in [-0.2, 0) is 16.6 Å². The number of fused-ring (bicyclic) bond motifs is 1. The minimum absolute atomic E-state index is 0.186. The number of benzene rings is 1. The van der Waals surface area contributed by atoms with Gasteiger partial charge >= 0.3 is 16.2 Å². The summed E-state index contributed by atoms with van der Waals surface area (Å²) in [6, 6.07) is 4.57. The molecule has 0 unspecified atom stereocenters. The Kier molecular flexibility index (Phi) is 4.01. The monoisotopic (exact) mass is 298 g/mol. The van der Waals surface area contributed by atoms with E-state index in [4.69, 9.17) is 5.11 Å². The highest BCUT2D eigenvalue weighted by atomic mass is 32.2. The van der Waals surface area contributed by atoms with Gasteiger partial charge in [-0.05, 0) is 30.2 Å². The van der Waals surface area contributed by atoms with Crippen molar-refractivity contribution < 1.29 is 18.3 Å². The van der Waals surface area contributed by atoms with Gasteiger partial charge in [-0.2, -0.15) is 12.7 Å². The van der Waals surface area contributed by atoms with E-state index in [-0.39, 0.29) is 5.56 Å². The standard InChI is InChI=1S/C13H18N2O4S/c1-3-14(4-2)20(18,19)15-8-7-10-9-11(13(16)17)5-6-12(10)15/h5-6,9H,3-4,7-8H2,1-2H3,(H,16,17). The Bertz CT molecular complexity index is 623. The number of aromatic carboxylic acids is 1. The summed E-state index contributed by atoms with van der Waals surface area (Å²) < 4.78 is 27.8. The second kappa shape index (κ2) is 5.41. The smallest absolute Gasteiger partial charge is 0.335 e. The van der Waals surface area contributed by atoms with Crippen molar-refractivity contribution in [3.63, 3.8) is 0 Å². The van der Waals surface area contributed by atoms with E-state index < -0.39 is 16.2 Å². The Morgan fingerprint density at radius 3 is 2.55 bits per heavy atom. The van der Waals surface area contributed by atoms with E-state index in [9.17, 15) is 13.2 Å². The summed E-state index contributed by atoms with van der Waals surface area (Å²) in [5, 5.41) is 8.97. The molecule has 0 saturated heterocycles. The lowest BCUT2D eigenvalue weighted by Crippen LogP contribution is -2.43. The quantitative estimate of drug-likeness (QED) is 0.889. The Morgan fingerprint density at radius 2 is 2.00 bits per heavy atom. The number of hydrogen-bond acceptors (Lipinski definition) is 3. The molecule has 20 heavy (non-hydrogen) atoms. The van der Waals surface area contributed by atoms with Crippen molar-refractivity contribution >= 4 is 21.9 Å². The van der Waals surface area contributed by atoms with Crippen molar-refractivity contribution in [3.05, 3.63) is 29.3 Å². The lowest BCUT2D eigenvalue weighted by Gasteiger charge is -2.27. The first-order chi connectivity index (χ1) is 9.41. The Hall–Kier alpha value is -1.60. The summed E-state index contributed by atoms with van der Waals surface area (Å²) in [5.74, 6) is -1.00. The van der Waals surface area contributed by atoms with E-state index in [1.165, 1.54) is 14.7 Å². The van der Waals surface area contributed by atoms with E-state index in [0.29, 0.717) is 31.7 Å². The number of hydrogen-bond donors (Lipinski definition) is 1. The molecule has 0 amide bonds. The fraction of sp³-hybridized carbons (Fsp3) is 0.462. The number of carboxylic acid groups (broad SMARTS) is 1. The average molecular weight is 298 g/mol. The minimum atomic E-state index is -3.53. The van der Waals surface area contributed by atoms with Crippen molar-refractivity contribution in [2.45, 2.75) is 20.3 Å². The molecule has 0 bridgehead atoms. The normalized spacial score (nSPS) is 14.7. The summed E-state index contributed by atoms with van der Waals surface area (Å²) in [5.41, 5.74) is 1.54. The van der Waals surface area contributed by atoms with Gasteiger partial charge in [-0.1, -0.05) is 13.8 Å². The van der Waals surface area contributed by atoms with Crippen LogP contribution in [0.5, 0.6) is 0 Å². The number of carbonyl (C=O) groups is 1. The third-order valence-electron chi connectivity index (χ3n) is 3.49. The third-order valence-corrected chi connectivity index (χ3v) is 5.59. The first-order valence-corrected chi connectivity index (χ1v) is 7.95. The molecular formula is C13H18N2O4S. The molecule has 0 aromatic heterocycles. The van der Waals surface area contributed by atoms with Crippen LogP contribution >= 0.6 is 0 Å². The molecule has 0 radical (unpaired) electrons. The van der Waals surface area contributed by atoms with Gasteiger partial charge in [-0.15, -0.1) is 0 Å². The summed E-state index contributed by atoms with van der Waals surface area (Å²) in [4.78, 5) is 10.9. The molecule has 0 spiro atoms. The van der Waals surface area contributed by atoms with Crippen LogP contribution in [0.25, 0.3) is 0 Å². The van der Waals surface area contributed by atoms with Crippen LogP contribution in [0, 0.1) is 0 Å². The molecule has 0 atom stereocenters. The maximum Gasteiger partial charge on any atom is 0.335 e. The Labute approximate surface area is 118 Å². The van der Waals surface area contributed by atoms with Gasteiger partial charge < -0.3 is 5.11 Å². The second-order valence-corrected chi connectivity index (χ2v) is 6.42. The van der Waals surface area contributed by atoms with Crippen LogP contribution in [0.3, 0.4) is 0 Å². The zero-order chi connectivity index (χ0) is 14.9. The van der Waals surface area contributed by atoms with Gasteiger partial charge in [0.15, 0.2) is 0 Å². The predicted molar refractivity (Wildman–Crippen MR) is 76.3 cm³/mol. The van der Waals surface area contributed by atoms with Crippen molar-refractivity contribution in [1.82, 2.24) is 4.31 Å². The van der Waals surface area contributed by atoms with Gasteiger partial charge in [-0.3, -0.25) is 4.31 Å². The molecule has 110 valence electrons. The number of rotatable bonds is 5. The minimum Gasteiger partial charge on any atom is -0.478 e. The molecule has 1 heterocycles. The van der Waals surface area contributed by atoms with Crippen LogP contribution in [0.2, 0.25) is 0 Å². The molecule has 1 aromatic rings. The summed E-state index contributed by atoms with van der Waals surface area (Å²) >= 11 is 0. The number of anilines is 1. The second-order valence-electron chi connectivity index (χ2n) is 4.56. The highest BCUT2D eigenvalue weighted by Crippen LogP contribution is 2.32. The fourth-order valence-corrected chi connectivity index (χ4v) is 4.11. The summed E-state index contributed by atoms with van der Waals surface area (Å²) in [7, 11) is -3.53. The van der Waals surface area contributed by atoms with Gasteiger partial charge in [0.25, 0.3) is 0 Å². The summed E-state index contributed by atoms with van der Waals surface area (Å²) in [6.07, 6.45) is 0.539. The molecule has 1 aromatic carbocycles. The molecule has 0 saturated carbocycles. The first kappa shape index (κ1) is 14.8. The molecule has 1 aliphatic rings. The van der Waals surface area contributed by atoms with Crippen molar-refractivity contribution in [1.29, 1.82) is 0 Å². The maximum atomic E-state index is 12.5. The van der Waals surface area contributed by atoms with Crippen LogP contribution in [0.1, 0.15) is 29.8 Å². The van der Waals surface area contributed by atoms with Crippen LogP contribution < -0.4 is 4.31 Å². The maximum absolute atomic E-state index is 12.5. The summed E-state index contributed by atoms with van der Waals surface area (Å²) in [6.45, 7) is 4.78.